The molecule has 3 heteroatoms. The number of carbonyl (C=O) groups excluding carboxylic acids is 1. The van der Waals surface area contributed by atoms with Gasteiger partial charge in [-0.3, -0.25) is 9.69 Å². The number of benzene rings is 1. The predicted octanol–water partition coefficient (Wildman–Crippen LogP) is 3.57. The Balaban J connectivity index is 1.78. The Morgan fingerprint density at radius 3 is 2.88 bits per heavy atom. The number of para-hydroxylation sites is 1. The van der Waals surface area contributed by atoms with Crippen LogP contribution in [0.4, 0.5) is 5.69 Å². The van der Waals surface area contributed by atoms with Gasteiger partial charge >= 0.3 is 0 Å². The summed E-state index contributed by atoms with van der Waals surface area (Å²) >= 11 is 0. The second-order valence-electron chi connectivity index (χ2n) is 8.70. The number of rotatable bonds is 2. The average molecular weight is 324 g/mol. The van der Waals surface area contributed by atoms with Gasteiger partial charge < -0.3 is 4.90 Å². The second kappa shape index (κ2) is 4.85. The fourth-order valence-electron chi connectivity index (χ4n) is 7.49. The molecule has 1 saturated carbocycles. The number of hydrogen-bond donors (Lipinski definition) is 0. The zero-order valence-electron chi connectivity index (χ0n) is 14.9. The lowest BCUT2D eigenvalue weighted by Crippen LogP contribution is -2.67. The molecule has 0 bridgehead atoms. The third-order valence-corrected chi connectivity index (χ3v) is 7.96. The third kappa shape index (κ3) is 1.51. The SMILES string of the molecule is CCC12CCCN3CCC4(c5ccccc5N(C=O)C4C(C)C1)C32. The van der Waals surface area contributed by atoms with E-state index in [2.05, 4.69) is 47.9 Å². The van der Waals surface area contributed by atoms with Gasteiger partial charge in [-0.1, -0.05) is 32.0 Å². The summed E-state index contributed by atoms with van der Waals surface area (Å²) in [5.41, 5.74) is 3.24. The number of anilines is 1. The first-order valence-electron chi connectivity index (χ1n) is 9.75. The van der Waals surface area contributed by atoms with E-state index in [9.17, 15) is 4.79 Å². The van der Waals surface area contributed by atoms with Gasteiger partial charge in [0.05, 0.1) is 6.04 Å². The molecule has 4 aliphatic rings. The molecular formula is C21H28N2O. The number of carbonyl (C=O) groups is 1. The van der Waals surface area contributed by atoms with Crippen molar-refractivity contribution in [2.45, 2.75) is 63.5 Å². The van der Waals surface area contributed by atoms with Crippen molar-refractivity contribution >= 4 is 12.1 Å². The van der Waals surface area contributed by atoms with Gasteiger partial charge in [0.25, 0.3) is 0 Å². The summed E-state index contributed by atoms with van der Waals surface area (Å²) in [7, 11) is 0. The van der Waals surface area contributed by atoms with E-state index in [1.807, 2.05) is 0 Å². The molecule has 1 aliphatic carbocycles. The number of fused-ring (bicyclic) bond motifs is 1. The van der Waals surface area contributed by atoms with E-state index in [1.165, 1.54) is 56.4 Å². The van der Waals surface area contributed by atoms with E-state index in [0.29, 0.717) is 23.4 Å². The Morgan fingerprint density at radius 2 is 2.08 bits per heavy atom. The molecule has 2 saturated heterocycles. The van der Waals surface area contributed by atoms with Crippen LogP contribution in [-0.4, -0.2) is 36.5 Å². The van der Waals surface area contributed by atoms with Crippen LogP contribution in [-0.2, 0) is 10.2 Å². The van der Waals surface area contributed by atoms with Crippen LogP contribution in [0.1, 0.15) is 51.5 Å². The van der Waals surface area contributed by atoms with Crippen LogP contribution in [0.2, 0.25) is 0 Å². The van der Waals surface area contributed by atoms with E-state index in [4.69, 9.17) is 0 Å². The van der Waals surface area contributed by atoms with Crippen LogP contribution in [0.5, 0.6) is 0 Å². The van der Waals surface area contributed by atoms with Gasteiger partial charge in [-0.25, -0.2) is 0 Å². The normalized spacial score (nSPS) is 43.2. The molecule has 3 fully saturated rings. The van der Waals surface area contributed by atoms with Crippen molar-refractivity contribution in [3.05, 3.63) is 29.8 Å². The molecule has 128 valence electrons. The average Bonchev–Trinajstić information content (AvgIpc) is 3.14. The van der Waals surface area contributed by atoms with Crippen molar-refractivity contribution in [3.63, 3.8) is 0 Å². The molecule has 1 aromatic rings. The fraction of sp³-hybridized carbons (Fsp3) is 0.667. The Morgan fingerprint density at radius 1 is 1.25 bits per heavy atom. The number of nitrogens with zero attached hydrogens (tertiary/aromatic N) is 2. The Kier molecular flexibility index (Phi) is 3.02. The van der Waals surface area contributed by atoms with Crippen LogP contribution in [0, 0.1) is 11.3 Å². The summed E-state index contributed by atoms with van der Waals surface area (Å²) in [5.74, 6) is 0.567. The molecule has 1 spiro atoms. The van der Waals surface area contributed by atoms with Crippen molar-refractivity contribution in [2.75, 3.05) is 18.0 Å². The van der Waals surface area contributed by atoms with Crippen molar-refractivity contribution in [1.82, 2.24) is 4.90 Å². The summed E-state index contributed by atoms with van der Waals surface area (Å²) in [5, 5.41) is 0. The number of amides is 1. The molecule has 5 atom stereocenters. The quantitative estimate of drug-likeness (QED) is 0.777. The zero-order valence-corrected chi connectivity index (χ0v) is 14.9. The lowest BCUT2D eigenvalue weighted by molar-refractivity contribution is -0.109. The Hall–Kier alpha value is -1.35. The van der Waals surface area contributed by atoms with Gasteiger partial charge in [0.15, 0.2) is 0 Å². The molecule has 5 rings (SSSR count). The highest BCUT2D eigenvalue weighted by atomic mass is 16.1. The topological polar surface area (TPSA) is 23.6 Å². The third-order valence-electron chi connectivity index (χ3n) is 7.96. The largest absolute Gasteiger partial charge is 0.310 e. The van der Waals surface area contributed by atoms with E-state index < -0.39 is 0 Å². The second-order valence-corrected chi connectivity index (χ2v) is 8.70. The molecule has 3 nitrogen and oxygen atoms in total. The molecule has 1 amide bonds. The molecule has 3 aliphatic heterocycles. The van der Waals surface area contributed by atoms with E-state index in [1.54, 1.807) is 0 Å². The van der Waals surface area contributed by atoms with Crippen LogP contribution < -0.4 is 4.90 Å². The van der Waals surface area contributed by atoms with Crippen molar-refractivity contribution < 1.29 is 4.79 Å². The first kappa shape index (κ1) is 14.9. The summed E-state index contributed by atoms with van der Waals surface area (Å²) in [6.45, 7) is 7.26. The van der Waals surface area contributed by atoms with E-state index in [0.717, 1.165) is 6.41 Å². The summed E-state index contributed by atoms with van der Waals surface area (Å²) < 4.78 is 0. The maximum atomic E-state index is 12.1. The minimum atomic E-state index is 0.158. The highest BCUT2D eigenvalue weighted by molar-refractivity contribution is 5.84. The molecule has 0 radical (unpaired) electrons. The summed E-state index contributed by atoms with van der Waals surface area (Å²) in [6, 6.07) is 9.73. The van der Waals surface area contributed by atoms with Gasteiger partial charge in [0, 0.05) is 17.1 Å². The van der Waals surface area contributed by atoms with Crippen LogP contribution in [0.25, 0.3) is 0 Å². The Labute approximate surface area is 145 Å². The minimum Gasteiger partial charge on any atom is -0.310 e. The summed E-state index contributed by atoms with van der Waals surface area (Å²) in [4.78, 5) is 16.9. The Bertz CT molecular complexity index is 688. The van der Waals surface area contributed by atoms with Crippen molar-refractivity contribution in [1.29, 1.82) is 0 Å². The fourth-order valence-corrected chi connectivity index (χ4v) is 7.49. The first-order valence-corrected chi connectivity index (χ1v) is 9.75. The molecule has 24 heavy (non-hydrogen) atoms. The van der Waals surface area contributed by atoms with E-state index >= 15 is 0 Å². The molecule has 3 heterocycles. The van der Waals surface area contributed by atoms with Gasteiger partial charge in [-0.2, -0.15) is 0 Å². The van der Waals surface area contributed by atoms with Gasteiger partial charge in [-0.05, 0) is 68.2 Å². The zero-order chi connectivity index (χ0) is 16.5. The highest BCUT2D eigenvalue weighted by Crippen LogP contribution is 2.66. The monoisotopic (exact) mass is 324 g/mol. The molecule has 0 aromatic heterocycles. The predicted molar refractivity (Wildman–Crippen MR) is 96.2 cm³/mol. The number of hydrogen-bond acceptors (Lipinski definition) is 2. The number of piperidine rings is 1. The molecular weight excluding hydrogens is 296 g/mol. The highest BCUT2D eigenvalue weighted by Gasteiger charge is 2.69. The molecule has 1 aromatic carbocycles. The molecule has 5 unspecified atom stereocenters. The van der Waals surface area contributed by atoms with Crippen LogP contribution >= 0.6 is 0 Å². The standard InChI is InChI=1S/C21H28N2O/c1-3-20-9-6-11-22-12-10-21(19(20)22)16-7-4-5-8-17(16)23(14-24)18(21)15(2)13-20/h4-5,7-8,14-15,18-19H,3,6,9-13H2,1-2H3. The van der Waals surface area contributed by atoms with Crippen molar-refractivity contribution in [3.8, 4) is 0 Å². The van der Waals surface area contributed by atoms with Gasteiger partial charge in [0.2, 0.25) is 6.41 Å². The van der Waals surface area contributed by atoms with Gasteiger partial charge in [-0.15, -0.1) is 0 Å². The van der Waals surface area contributed by atoms with E-state index in [-0.39, 0.29) is 5.41 Å². The maximum Gasteiger partial charge on any atom is 0.214 e. The lowest BCUT2D eigenvalue weighted by atomic mass is 9.50. The van der Waals surface area contributed by atoms with Crippen LogP contribution in [0.3, 0.4) is 0 Å². The summed E-state index contributed by atoms with van der Waals surface area (Å²) in [6.07, 6.45) is 7.59. The van der Waals surface area contributed by atoms with Crippen molar-refractivity contribution in [2.24, 2.45) is 11.3 Å². The first-order chi connectivity index (χ1) is 11.7. The minimum absolute atomic E-state index is 0.158. The van der Waals surface area contributed by atoms with Crippen LogP contribution in [0.15, 0.2) is 24.3 Å². The van der Waals surface area contributed by atoms with Gasteiger partial charge in [0.1, 0.15) is 0 Å². The lowest BCUT2D eigenvalue weighted by Gasteiger charge is -2.60. The smallest absolute Gasteiger partial charge is 0.214 e. The molecule has 0 N–H and O–H groups in total. The maximum absolute atomic E-state index is 12.1.